The standard InChI is InChI=1S/C12H18O/c1-12-10-5-7-2-8(6-10)4-9(3-7)11(12)13-12/h7-11H,2-6H2,1H3. The third-order valence-electron chi connectivity index (χ3n) is 5.30. The van der Waals surface area contributed by atoms with Crippen LogP contribution in [0.1, 0.15) is 39.0 Å². The van der Waals surface area contributed by atoms with Crippen molar-refractivity contribution in [3.63, 3.8) is 0 Å². The van der Waals surface area contributed by atoms with Gasteiger partial charge in [0.25, 0.3) is 0 Å². The van der Waals surface area contributed by atoms with Gasteiger partial charge in [-0.25, -0.2) is 0 Å². The molecule has 5 rings (SSSR count). The summed E-state index contributed by atoms with van der Waals surface area (Å²) >= 11 is 0. The van der Waals surface area contributed by atoms with E-state index in [9.17, 15) is 0 Å². The minimum atomic E-state index is 0.342. The van der Waals surface area contributed by atoms with Gasteiger partial charge >= 0.3 is 0 Å². The lowest BCUT2D eigenvalue weighted by Crippen LogP contribution is -2.31. The van der Waals surface area contributed by atoms with Gasteiger partial charge < -0.3 is 4.74 Å². The lowest BCUT2D eigenvalue weighted by atomic mass is 9.66. The van der Waals surface area contributed by atoms with Crippen molar-refractivity contribution < 1.29 is 4.74 Å². The highest BCUT2D eigenvalue weighted by atomic mass is 16.6. The minimum absolute atomic E-state index is 0.342. The van der Waals surface area contributed by atoms with Crippen molar-refractivity contribution in [2.75, 3.05) is 0 Å². The Bertz CT molecular complexity index is 248. The molecular weight excluding hydrogens is 160 g/mol. The highest BCUT2D eigenvalue weighted by Crippen LogP contribution is 2.63. The maximum absolute atomic E-state index is 5.98. The Morgan fingerprint density at radius 3 is 2.38 bits per heavy atom. The maximum atomic E-state index is 5.98. The first kappa shape index (κ1) is 7.28. The Balaban J connectivity index is 1.80. The van der Waals surface area contributed by atoms with Gasteiger partial charge in [-0.15, -0.1) is 0 Å². The quantitative estimate of drug-likeness (QED) is 0.519. The van der Waals surface area contributed by atoms with Crippen LogP contribution in [-0.2, 0) is 4.74 Å². The fourth-order valence-corrected chi connectivity index (χ4v) is 4.75. The molecule has 0 amide bonds. The fraction of sp³-hybridized carbons (Fsp3) is 1.00. The highest BCUT2D eigenvalue weighted by Gasteiger charge is 2.65. The molecule has 1 saturated heterocycles. The summed E-state index contributed by atoms with van der Waals surface area (Å²) in [6.45, 7) is 2.38. The molecule has 4 unspecified atom stereocenters. The van der Waals surface area contributed by atoms with Crippen molar-refractivity contribution in [2.24, 2.45) is 23.7 Å². The van der Waals surface area contributed by atoms with Gasteiger partial charge in [-0.2, -0.15) is 0 Å². The molecule has 0 radical (unpaired) electrons. The third kappa shape index (κ3) is 0.782. The Morgan fingerprint density at radius 1 is 1.00 bits per heavy atom. The van der Waals surface area contributed by atoms with Crippen LogP contribution in [0.4, 0.5) is 0 Å². The molecule has 0 aromatic rings. The summed E-state index contributed by atoms with van der Waals surface area (Å²) in [5.74, 6) is 4.03. The van der Waals surface area contributed by atoms with Gasteiger partial charge in [0.1, 0.15) is 0 Å². The molecule has 1 heteroatoms. The number of epoxide rings is 1. The van der Waals surface area contributed by atoms with E-state index < -0.39 is 0 Å². The second kappa shape index (κ2) is 1.98. The van der Waals surface area contributed by atoms with Crippen LogP contribution in [0.5, 0.6) is 0 Å². The molecule has 0 aromatic carbocycles. The molecule has 0 spiro atoms. The van der Waals surface area contributed by atoms with E-state index in [2.05, 4.69) is 6.92 Å². The molecule has 0 aromatic heterocycles. The van der Waals surface area contributed by atoms with Crippen molar-refractivity contribution in [3.8, 4) is 0 Å². The maximum Gasteiger partial charge on any atom is 0.0951 e. The summed E-state index contributed by atoms with van der Waals surface area (Å²) in [5, 5.41) is 0. The second-order valence-corrected chi connectivity index (χ2v) is 6.09. The van der Waals surface area contributed by atoms with Crippen LogP contribution in [0, 0.1) is 23.7 Å². The van der Waals surface area contributed by atoms with Gasteiger partial charge in [0.05, 0.1) is 11.7 Å². The molecule has 4 atom stereocenters. The number of hydrogen-bond donors (Lipinski definition) is 0. The largest absolute Gasteiger partial charge is 0.366 e. The average Bonchev–Trinajstić information content (AvgIpc) is 2.78. The van der Waals surface area contributed by atoms with Crippen molar-refractivity contribution in [1.29, 1.82) is 0 Å². The van der Waals surface area contributed by atoms with E-state index in [1.54, 1.807) is 6.42 Å². The van der Waals surface area contributed by atoms with Crippen LogP contribution in [-0.4, -0.2) is 11.7 Å². The van der Waals surface area contributed by atoms with Crippen LogP contribution in [0.15, 0.2) is 0 Å². The van der Waals surface area contributed by atoms with Crippen molar-refractivity contribution in [1.82, 2.24) is 0 Å². The van der Waals surface area contributed by atoms with Crippen LogP contribution >= 0.6 is 0 Å². The van der Waals surface area contributed by atoms with E-state index in [-0.39, 0.29) is 0 Å². The van der Waals surface area contributed by atoms with Crippen molar-refractivity contribution >= 4 is 0 Å². The van der Waals surface area contributed by atoms with Crippen LogP contribution < -0.4 is 0 Å². The minimum Gasteiger partial charge on any atom is -0.366 e. The molecule has 4 bridgehead atoms. The lowest BCUT2D eigenvalue weighted by Gasteiger charge is -2.40. The summed E-state index contributed by atoms with van der Waals surface area (Å²) in [6, 6.07) is 0. The normalized spacial score (nSPS) is 67.6. The lowest BCUT2D eigenvalue weighted by molar-refractivity contribution is 0.0541. The first-order valence-electron chi connectivity index (χ1n) is 5.93. The summed E-state index contributed by atoms with van der Waals surface area (Å²) < 4.78 is 5.98. The number of rotatable bonds is 0. The molecule has 72 valence electrons. The highest BCUT2D eigenvalue weighted by molar-refractivity contribution is 5.13. The van der Waals surface area contributed by atoms with Crippen LogP contribution in [0.2, 0.25) is 0 Å². The molecule has 4 saturated carbocycles. The van der Waals surface area contributed by atoms with Gasteiger partial charge in [-0.1, -0.05) is 0 Å². The molecule has 5 fully saturated rings. The smallest absolute Gasteiger partial charge is 0.0951 e. The summed E-state index contributed by atoms with van der Waals surface area (Å²) in [5.41, 5.74) is 0.342. The van der Waals surface area contributed by atoms with Gasteiger partial charge in [0, 0.05) is 0 Å². The van der Waals surface area contributed by atoms with Gasteiger partial charge in [0.15, 0.2) is 0 Å². The molecule has 1 aliphatic heterocycles. The SMILES string of the molecule is CC12OC1C1CC3CC(C1)CC2C3. The average molecular weight is 178 g/mol. The summed E-state index contributed by atoms with van der Waals surface area (Å²) in [6.07, 6.45) is 8.18. The Morgan fingerprint density at radius 2 is 1.69 bits per heavy atom. The van der Waals surface area contributed by atoms with E-state index >= 15 is 0 Å². The van der Waals surface area contributed by atoms with Gasteiger partial charge in [-0.3, -0.25) is 0 Å². The topological polar surface area (TPSA) is 12.5 Å². The van der Waals surface area contributed by atoms with Gasteiger partial charge in [-0.05, 0) is 62.7 Å². The van der Waals surface area contributed by atoms with Crippen molar-refractivity contribution in [2.45, 2.75) is 50.7 Å². The fourth-order valence-electron chi connectivity index (χ4n) is 4.75. The summed E-state index contributed by atoms with van der Waals surface area (Å²) in [7, 11) is 0. The zero-order valence-electron chi connectivity index (χ0n) is 8.33. The summed E-state index contributed by atoms with van der Waals surface area (Å²) in [4.78, 5) is 0. The zero-order chi connectivity index (χ0) is 8.63. The van der Waals surface area contributed by atoms with Crippen molar-refractivity contribution in [3.05, 3.63) is 0 Å². The Labute approximate surface area is 79.8 Å². The molecule has 0 N–H and O–H groups in total. The van der Waals surface area contributed by atoms with E-state index in [0.29, 0.717) is 11.7 Å². The molecule has 1 heterocycles. The number of ether oxygens (including phenoxy) is 1. The molecule has 1 nitrogen and oxygen atoms in total. The monoisotopic (exact) mass is 178 g/mol. The van der Waals surface area contributed by atoms with Crippen LogP contribution in [0.3, 0.4) is 0 Å². The second-order valence-electron chi connectivity index (χ2n) is 6.09. The molecule has 4 aliphatic carbocycles. The van der Waals surface area contributed by atoms with Crippen LogP contribution in [0.25, 0.3) is 0 Å². The predicted octanol–water partition coefficient (Wildman–Crippen LogP) is 2.60. The van der Waals surface area contributed by atoms with E-state index in [4.69, 9.17) is 4.74 Å². The first-order valence-corrected chi connectivity index (χ1v) is 5.93. The molecule has 5 aliphatic rings. The van der Waals surface area contributed by atoms with E-state index in [0.717, 1.165) is 23.7 Å². The Hall–Kier alpha value is -0.0400. The number of hydrogen-bond acceptors (Lipinski definition) is 1. The molecular formula is C12H18O. The molecule has 13 heavy (non-hydrogen) atoms. The van der Waals surface area contributed by atoms with E-state index in [1.165, 1.54) is 25.7 Å². The van der Waals surface area contributed by atoms with E-state index in [1.807, 2.05) is 0 Å². The first-order chi connectivity index (χ1) is 6.25. The predicted molar refractivity (Wildman–Crippen MR) is 50.3 cm³/mol. The zero-order valence-corrected chi connectivity index (χ0v) is 8.33. The third-order valence-corrected chi connectivity index (χ3v) is 5.30. The van der Waals surface area contributed by atoms with Gasteiger partial charge in [0.2, 0.25) is 0 Å². The Kier molecular flexibility index (Phi) is 1.11.